The van der Waals surface area contributed by atoms with Crippen molar-refractivity contribution < 1.29 is 14.7 Å². The maximum absolute atomic E-state index is 12.6. The van der Waals surface area contributed by atoms with Crippen molar-refractivity contribution in [1.29, 1.82) is 0 Å². The summed E-state index contributed by atoms with van der Waals surface area (Å²) >= 11 is 1.57. The maximum atomic E-state index is 12.6. The summed E-state index contributed by atoms with van der Waals surface area (Å²) in [5.74, 6) is -1.24. The van der Waals surface area contributed by atoms with E-state index in [-0.39, 0.29) is 11.5 Å². The molecule has 0 aliphatic heterocycles. The molecule has 1 heterocycles. The number of carboxylic acids is 1. The first-order valence-electron chi connectivity index (χ1n) is 7.39. The second-order valence-corrected chi connectivity index (χ2v) is 6.19. The summed E-state index contributed by atoms with van der Waals surface area (Å²) < 4.78 is 0. The van der Waals surface area contributed by atoms with Crippen LogP contribution in [0.15, 0.2) is 66.0 Å². The van der Waals surface area contributed by atoms with Crippen LogP contribution in [0.5, 0.6) is 0 Å². The summed E-state index contributed by atoms with van der Waals surface area (Å²) in [5, 5.41) is 14.2. The lowest BCUT2D eigenvalue weighted by Gasteiger charge is -2.12. The van der Waals surface area contributed by atoms with Gasteiger partial charge in [-0.1, -0.05) is 42.5 Å². The third-order valence-electron chi connectivity index (χ3n) is 3.62. The van der Waals surface area contributed by atoms with Gasteiger partial charge in [0, 0.05) is 10.4 Å². The Labute approximate surface area is 143 Å². The number of carboxylic acid groups (broad SMARTS) is 1. The number of rotatable bonds is 5. The molecule has 0 spiro atoms. The summed E-state index contributed by atoms with van der Waals surface area (Å²) in [5.41, 5.74) is 1.78. The lowest BCUT2D eigenvalue weighted by Crippen LogP contribution is -2.23. The molecule has 2 aromatic carbocycles. The van der Waals surface area contributed by atoms with E-state index < -0.39 is 5.97 Å². The topological polar surface area (TPSA) is 66.4 Å². The van der Waals surface area contributed by atoms with Gasteiger partial charge in [0.1, 0.15) is 0 Å². The number of carbonyl (C=O) groups excluding carboxylic acids is 1. The van der Waals surface area contributed by atoms with Gasteiger partial charge in [-0.15, -0.1) is 11.3 Å². The summed E-state index contributed by atoms with van der Waals surface area (Å²) in [6.07, 6.45) is 0. The third kappa shape index (κ3) is 3.36. The molecule has 0 unspecified atom stereocenters. The molecular weight excluding hydrogens is 322 g/mol. The van der Waals surface area contributed by atoms with E-state index in [0.717, 1.165) is 4.88 Å². The van der Waals surface area contributed by atoms with Gasteiger partial charge < -0.3 is 10.4 Å². The number of hydrogen-bond donors (Lipinski definition) is 2. The highest BCUT2D eigenvalue weighted by molar-refractivity contribution is 7.09. The second kappa shape index (κ2) is 7.10. The van der Waals surface area contributed by atoms with Gasteiger partial charge in [-0.3, -0.25) is 4.79 Å². The molecule has 120 valence electrons. The first kappa shape index (κ1) is 16.0. The average Bonchev–Trinajstić information content (AvgIpc) is 3.13. The fourth-order valence-corrected chi connectivity index (χ4v) is 3.14. The lowest BCUT2D eigenvalue weighted by molar-refractivity contribution is 0.0697. The second-order valence-electron chi connectivity index (χ2n) is 5.16. The van der Waals surface area contributed by atoms with Gasteiger partial charge in [-0.05, 0) is 34.7 Å². The Morgan fingerprint density at radius 3 is 2.12 bits per heavy atom. The van der Waals surface area contributed by atoms with Gasteiger partial charge in [-0.2, -0.15) is 0 Å². The van der Waals surface area contributed by atoms with E-state index in [2.05, 4.69) is 5.32 Å². The van der Waals surface area contributed by atoms with E-state index in [1.165, 1.54) is 6.07 Å². The number of hydrogen-bond acceptors (Lipinski definition) is 3. The first-order chi connectivity index (χ1) is 11.7. The van der Waals surface area contributed by atoms with E-state index in [4.69, 9.17) is 0 Å². The zero-order chi connectivity index (χ0) is 16.9. The Kier molecular flexibility index (Phi) is 4.72. The molecule has 0 saturated carbocycles. The van der Waals surface area contributed by atoms with Crippen LogP contribution in [-0.4, -0.2) is 17.0 Å². The van der Waals surface area contributed by atoms with Crippen LogP contribution in [-0.2, 0) is 6.54 Å². The Hall–Kier alpha value is -2.92. The predicted octanol–water partition coefficient (Wildman–Crippen LogP) is 4.04. The standard InChI is InChI=1S/C19H15NO3S/c21-18(20-12-13-6-5-11-24-13)16-9-3-1-7-14(16)15-8-2-4-10-17(15)19(22)23/h1-11H,12H2,(H,20,21)(H,22,23). The molecule has 0 saturated heterocycles. The molecule has 0 bridgehead atoms. The molecule has 0 atom stereocenters. The van der Waals surface area contributed by atoms with Crippen molar-refractivity contribution in [1.82, 2.24) is 5.32 Å². The normalized spacial score (nSPS) is 10.3. The van der Waals surface area contributed by atoms with Gasteiger partial charge in [0.2, 0.25) is 0 Å². The fourth-order valence-electron chi connectivity index (χ4n) is 2.50. The Balaban J connectivity index is 1.94. The molecule has 1 amide bonds. The number of nitrogens with one attached hydrogen (secondary N) is 1. The highest BCUT2D eigenvalue weighted by atomic mass is 32.1. The van der Waals surface area contributed by atoms with E-state index in [1.807, 2.05) is 17.5 Å². The van der Waals surface area contributed by atoms with Crippen LogP contribution in [0.2, 0.25) is 0 Å². The number of aromatic carboxylic acids is 1. The minimum absolute atomic E-state index is 0.177. The number of amides is 1. The molecule has 0 radical (unpaired) electrons. The molecule has 24 heavy (non-hydrogen) atoms. The highest BCUT2D eigenvalue weighted by Crippen LogP contribution is 2.27. The van der Waals surface area contributed by atoms with Crippen LogP contribution >= 0.6 is 11.3 Å². The van der Waals surface area contributed by atoms with Gasteiger partial charge in [-0.25, -0.2) is 4.79 Å². The SMILES string of the molecule is O=C(O)c1ccccc1-c1ccccc1C(=O)NCc1cccs1. The summed E-state index contributed by atoms with van der Waals surface area (Å²) in [7, 11) is 0. The summed E-state index contributed by atoms with van der Waals surface area (Å²) in [6.45, 7) is 0.450. The third-order valence-corrected chi connectivity index (χ3v) is 4.50. The van der Waals surface area contributed by atoms with Crippen LogP contribution < -0.4 is 5.32 Å². The zero-order valence-electron chi connectivity index (χ0n) is 12.7. The molecule has 5 heteroatoms. The molecule has 1 aromatic heterocycles. The van der Waals surface area contributed by atoms with Crippen LogP contribution in [0.1, 0.15) is 25.6 Å². The Bertz CT molecular complexity index is 872. The van der Waals surface area contributed by atoms with Crippen LogP contribution in [0.3, 0.4) is 0 Å². The van der Waals surface area contributed by atoms with Crippen molar-refractivity contribution in [3.8, 4) is 11.1 Å². The van der Waals surface area contributed by atoms with Gasteiger partial charge in [0.25, 0.3) is 5.91 Å². The Morgan fingerprint density at radius 1 is 0.875 bits per heavy atom. The predicted molar refractivity (Wildman–Crippen MR) is 94.3 cm³/mol. The number of carbonyl (C=O) groups is 2. The van der Waals surface area contributed by atoms with Crippen molar-refractivity contribution in [2.75, 3.05) is 0 Å². The largest absolute Gasteiger partial charge is 0.478 e. The lowest BCUT2D eigenvalue weighted by atomic mass is 9.95. The first-order valence-corrected chi connectivity index (χ1v) is 8.27. The van der Waals surface area contributed by atoms with Crippen LogP contribution in [0, 0.1) is 0 Å². The van der Waals surface area contributed by atoms with Crippen LogP contribution in [0.4, 0.5) is 0 Å². The van der Waals surface area contributed by atoms with E-state index in [9.17, 15) is 14.7 Å². The molecule has 0 aliphatic rings. The van der Waals surface area contributed by atoms with Crippen molar-refractivity contribution in [2.45, 2.75) is 6.54 Å². The summed E-state index contributed by atoms with van der Waals surface area (Å²) in [4.78, 5) is 25.1. The van der Waals surface area contributed by atoms with Crippen molar-refractivity contribution in [2.24, 2.45) is 0 Å². The van der Waals surface area contributed by atoms with Gasteiger partial charge in [0.15, 0.2) is 0 Å². The number of benzene rings is 2. The van der Waals surface area contributed by atoms with Crippen LogP contribution in [0.25, 0.3) is 11.1 Å². The fraction of sp³-hybridized carbons (Fsp3) is 0.0526. The molecule has 4 nitrogen and oxygen atoms in total. The van der Waals surface area contributed by atoms with Gasteiger partial charge >= 0.3 is 5.97 Å². The number of thiophene rings is 1. The Morgan fingerprint density at radius 2 is 1.50 bits per heavy atom. The smallest absolute Gasteiger partial charge is 0.336 e. The van der Waals surface area contributed by atoms with E-state index >= 15 is 0 Å². The minimum Gasteiger partial charge on any atom is -0.478 e. The van der Waals surface area contributed by atoms with Crippen molar-refractivity contribution >= 4 is 23.2 Å². The molecule has 0 aliphatic carbocycles. The minimum atomic E-state index is -1.01. The zero-order valence-corrected chi connectivity index (χ0v) is 13.5. The molecule has 3 aromatic rings. The molecule has 3 rings (SSSR count). The summed E-state index contributed by atoms with van der Waals surface area (Å²) in [6, 6.07) is 17.6. The monoisotopic (exact) mass is 337 g/mol. The highest BCUT2D eigenvalue weighted by Gasteiger charge is 2.17. The van der Waals surface area contributed by atoms with E-state index in [0.29, 0.717) is 23.2 Å². The maximum Gasteiger partial charge on any atom is 0.336 e. The van der Waals surface area contributed by atoms with Crippen molar-refractivity contribution in [3.63, 3.8) is 0 Å². The van der Waals surface area contributed by atoms with Crippen molar-refractivity contribution in [3.05, 3.63) is 82.0 Å². The van der Waals surface area contributed by atoms with Gasteiger partial charge in [0.05, 0.1) is 12.1 Å². The van der Waals surface area contributed by atoms with E-state index in [1.54, 1.807) is 53.8 Å². The quantitative estimate of drug-likeness (QED) is 0.738. The molecular formula is C19H15NO3S. The molecule has 0 fully saturated rings. The average molecular weight is 337 g/mol. The molecule has 2 N–H and O–H groups in total.